The minimum Gasteiger partial charge on any atom is -0.364 e. The number of hydrogen-bond donors (Lipinski definition) is 2. The van der Waals surface area contributed by atoms with Crippen LogP contribution in [0.1, 0.15) is 21.6 Å². The normalized spacial score (nSPS) is 11.0. The largest absolute Gasteiger partial charge is 0.364 e. The first-order valence-corrected chi connectivity index (χ1v) is 8.31. The van der Waals surface area contributed by atoms with E-state index in [9.17, 15) is 28.1 Å². The number of nitro groups is 1. The summed E-state index contributed by atoms with van der Waals surface area (Å²) >= 11 is 0. The standard InChI is InChI=1S/C14H13N3O6S/c1-9-6-13(18)12(7-15-9)14(19)16-24(22,23)8-10-2-4-11(5-3-10)17(20)21/h2-7H,8H2,1H3,(H,15,18)(H,16,19). The molecule has 2 N–H and O–H groups in total. The van der Waals surface area contributed by atoms with Crippen molar-refractivity contribution in [2.75, 3.05) is 0 Å². The molecule has 0 aliphatic rings. The first-order chi connectivity index (χ1) is 11.2. The second kappa shape index (κ2) is 6.62. The summed E-state index contributed by atoms with van der Waals surface area (Å²) in [6.07, 6.45) is 1.13. The van der Waals surface area contributed by atoms with Crippen LogP contribution in [0.4, 0.5) is 5.69 Å². The molecule has 1 amide bonds. The fraction of sp³-hybridized carbons (Fsp3) is 0.143. The Kier molecular flexibility index (Phi) is 4.79. The van der Waals surface area contributed by atoms with Crippen LogP contribution >= 0.6 is 0 Å². The number of non-ortho nitro benzene ring substituents is 1. The van der Waals surface area contributed by atoms with E-state index in [0.717, 1.165) is 18.3 Å². The molecule has 2 aromatic rings. The number of nitro benzene ring substituents is 1. The molecule has 24 heavy (non-hydrogen) atoms. The number of nitrogens with one attached hydrogen (secondary N) is 2. The van der Waals surface area contributed by atoms with Crippen molar-refractivity contribution in [3.63, 3.8) is 0 Å². The van der Waals surface area contributed by atoms with E-state index in [1.54, 1.807) is 11.6 Å². The Labute approximate surface area is 136 Å². The Bertz CT molecular complexity index is 947. The van der Waals surface area contributed by atoms with E-state index < -0.39 is 32.0 Å². The van der Waals surface area contributed by atoms with Crippen molar-refractivity contribution in [2.45, 2.75) is 12.7 Å². The van der Waals surface area contributed by atoms with Gasteiger partial charge in [0.05, 0.1) is 10.7 Å². The van der Waals surface area contributed by atoms with E-state index in [1.807, 2.05) is 0 Å². The van der Waals surface area contributed by atoms with Crippen LogP contribution in [0.5, 0.6) is 0 Å². The summed E-state index contributed by atoms with van der Waals surface area (Å²) in [5.74, 6) is -1.60. The van der Waals surface area contributed by atoms with Crippen molar-refractivity contribution >= 4 is 21.6 Å². The fourth-order valence-corrected chi connectivity index (χ4v) is 3.01. The van der Waals surface area contributed by atoms with Gasteiger partial charge < -0.3 is 4.98 Å². The van der Waals surface area contributed by atoms with Gasteiger partial charge in [0.25, 0.3) is 11.6 Å². The number of aromatic nitrogens is 1. The van der Waals surface area contributed by atoms with Gasteiger partial charge in [0.1, 0.15) is 5.56 Å². The van der Waals surface area contributed by atoms with Crippen LogP contribution in [0.2, 0.25) is 0 Å². The maximum Gasteiger partial charge on any atom is 0.270 e. The maximum absolute atomic E-state index is 12.0. The van der Waals surface area contributed by atoms with Gasteiger partial charge >= 0.3 is 0 Å². The molecule has 0 aliphatic heterocycles. The number of carbonyl (C=O) groups excluding carboxylic acids is 1. The first kappa shape index (κ1) is 17.3. The first-order valence-electron chi connectivity index (χ1n) is 6.65. The van der Waals surface area contributed by atoms with E-state index >= 15 is 0 Å². The summed E-state index contributed by atoms with van der Waals surface area (Å²) in [7, 11) is -4.06. The third kappa shape index (κ3) is 4.26. The molecular weight excluding hydrogens is 338 g/mol. The molecule has 9 nitrogen and oxygen atoms in total. The molecule has 0 saturated carbocycles. The molecule has 126 valence electrons. The van der Waals surface area contributed by atoms with E-state index in [0.29, 0.717) is 5.69 Å². The van der Waals surface area contributed by atoms with Crippen LogP contribution in [-0.4, -0.2) is 24.2 Å². The smallest absolute Gasteiger partial charge is 0.270 e. The van der Waals surface area contributed by atoms with Gasteiger partial charge in [-0.05, 0) is 12.5 Å². The van der Waals surface area contributed by atoms with Crippen molar-refractivity contribution in [3.05, 3.63) is 73.7 Å². The highest BCUT2D eigenvalue weighted by Gasteiger charge is 2.19. The molecular formula is C14H13N3O6S. The minimum atomic E-state index is -4.06. The van der Waals surface area contributed by atoms with Crippen molar-refractivity contribution in [1.82, 2.24) is 9.71 Å². The number of H-pyrrole nitrogens is 1. The number of aromatic amines is 1. The fourth-order valence-electron chi connectivity index (χ4n) is 1.92. The highest BCUT2D eigenvalue weighted by molar-refractivity contribution is 7.89. The molecule has 0 radical (unpaired) electrons. The third-order valence-electron chi connectivity index (χ3n) is 3.05. The Morgan fingerprint density at radius 2 is 1.92 bits per heavy atom. The van der Waals surface area contributed by atoms with E-state index in [4.69, 9.17) is 0 Å². The summed E-state index contributed by atoms with van der Waals surface area (Å²) in [5.41, 5.74) is -0.308. The lowest BCUT2D eigenvalue weighted by Gasteiger charge is -2.07. The highest BCUT2D eigenvalue weighted by Crippen LogP contribution is 2.13. The monoisotopic (exact) mass is 351 g/mol. The Morgan fingerprint density at radius 3 is 2.46 bits per heavy atom. The predicted octanol–water partition coefficient (Wildman–Crippen LogP) is 0.851. The molecule has 0 fully saturated rings. The molecule has 2 rings (SSSR count). The number of amides is 1. The zero-order chi connectivity index (χ0) is 17.9. The average molecular weight is 351 g/mol. The van der Waals surface area contributed by atoms with Crippen LogP contribution < -0.4 is 10.2 Å². The highest BCUT2D eigenvalue weighted by atomic mass is 32.2. The number of rotatable bonds is 5. The quantitative estimate of drug-likeness (QED) is 0.605. The SMILES string of the molecule is Cc1cc(=O)c(C(=O)NS(=O)(=O)Cc2ccc([N+](=O)[O-])cc2)c[nH]1. The summed E-state index contributed by atoms with van der Waals surface area (Å²) < 4.78 is 25.8. The van der Waals surface area contributed by atoms with Gasteiger partial charge in [-0.15, -0.1) is 0 Å². The maximum atomic E-state index is 12.0. The van der Waals surface area contributed by atoms with Gasteiger partial charge in [-0.2, -0.15) is 0 Å². The molecule has 0 atom stereocenters. The third-order valence-corrected chi connectivity index (χ3v) is 4.26. The van der Waals surface area contributed by atoms with Crippen LogP contribution in [0.3, 0.4) is 0 Å². The van der Waals surface area contributed by atoms with Crippen molar-refractivity contribution in [3.8, 4) is 0 Å². The van der Waals surface area contributed by atoms with Crippen LogP contribution in [-0.2, 0) is 15.8 Å². The second-order valence-electron chi connectivity index (χ2n) is 5.01. The van der Waals surface area contributed by atoms with E-state index in [1.165, 1.54) is 18.2 Å². The molecule has 0 saturated heterocycles. The lowest BCUT2D eigenvalue weighted by molar-refractivity contribution is -0.384. The number of pyridine rings is 1. The van der Waals surface area contributed by atoms with Gasteiger partial charge in [0.15, 0.2) is 5.43 Å². The number of benzene rings is 1. The van der Waals surface area contributed by atoms with Gasteiger partial charge in [-0.1, -0.05) is 12.1 Å². The van der Waals surface area contributed by atoms with Crippen molar-refractivity contribution < 1.29 is 18.1 Å². The number of sulfonamides is 1. The van der Waals surface area contributed by atoms with E-state index in [2.05, 4.69) is 4.98 Å². The van der Waals surface area contributed by atoms with Crippen LogP contribution in [0.15, 0.2) is 41.3 Å². The number of nitrogens with zero attached hydrogens (tertiary/aromatic N) is 1. The molecule has 0 aliphatic carbocycles. The van der Waals surface area contributed by atoms with Gasteiger partial charge in [0, 0.05) is 30.1 Å². The lowest BCUT2D eigenvalue weighted by Crippen LogP contribution is -2.34. The van der Waals surface area contributed by atoms with E-state index in [-0.39, 0.29) is 16.8 Å². The van der Waals surface area contributed by atoms with Gasteiger partial charge in [-0.25, -0.2) is 13.1 Å². The topological polar surface area (TPSA) is 139 Å². The second-order valence-corrected chi connectivity index (χ2v) is 6.73. The van der Waals surface area contributed by atoms with Crippen LogP contribution in [0, 0.1) is 17.0 Å². The number of hydrogen-bond acceptors (Lipinski definition) is 6. The summed E-state index contributed by atoms with van der Waals surface area (Å²) in [5, 5.41) is 10.6. The predicted molar refractivity (Wildman–Crippen MR) is 85.0 cm³/mol. The lowest BCUT2D eigenvalue weighted by atomic mass is 10.2. The van der Waals surface area contributed by atoms with Gasteiger partial charge in [0.2, 0.25) is 10.0 Å². The Morgan fingerprint density at radius 1 is 1.29 bits per heavy atom. The molecule has 0 bridgehead atoms. The molecule has 1 aromatic carbocycles. The average Bonchev–Trinajstić information content (AvgIpc) is 2.46. The molecule has 0 spiro atoms. The molecule has 0 unspecified atom stereocenters. The number of carbonyl (C=O) groups is 1. The summed E-state index contributed by atoms with van der Waals surface area (Å²) in [4.78, 5) is 36.2. The zero-order valence-electron chi connectivity index (χ0n) is 12.5. The molecule has 1 heterocycles. The molecule has 1 aromatic heterocycles. The molecule has 10 heteroatoms. The van der Waals surface area contributed by atoms with Gasteiger partial charge in [-0.3, -0.25) is 19.7 Å². The number of aryl methyl sites for hydroxylation is 1. The minimum absolute atomic E-state index is 0.175. The van der Waals surface area contributed by atoms with Crippen molar-refractivity contribution in [2.24, 2.45) is 0 Å². The van der Waals surface area contributed by atoms with Crippen LogP contribution in [0.25, 0.3) is 0 Å². The Balaban J connectivity index is 2.14. The zero-order valence-corrected chi connectivity index (χ0v) is 13.3. The summed E-state index contributed by atoms with van der Waals surface area (Å²) in [6, 6.07) is 6.06. The van der Waals surface area contributed by atoms with Crippen molar-refractivity contribution in [1.29, 1.82) is 0 Å². The summed E-state index contributed by atoms with van der Waals surface area (Å²) in [6.45, 7) is 1.62. The Hall–Kier alpha value is -3.01.